The van der Waals surface area contributed by atoms with Crippen LogP contribution < -0.4 is 0 Å². The van der Waals surface area contributed by atoms with Crippen LogP contribution >= 0.6 is 11.3 Å². The molecule has 0 saturated heterocycles. The third-order valence-corrected chi connectivity index (χ3v) is 13.9. The number of aromatic nitrogens is 4. The number of fused-ring (bicyclic) bond motifs is 13. The molecule has 0 aliphatic carbocycles. The molecule has 63 heavy (non-hydrogen) atoms. The van der Waals surface area contributed by atoms with Crippen molar-refractivity contribution in [3.63, 3.8) is 0 Å². The summed E-state index contributed by atoms with van der Waals surface area (Å²) in [5.41, 5.74) is 7.72. The van der Waals surface area contributed by atoms with Crippen molar-refractivity contribution in [2.45, 2.75) is 0 Å². The Balaban J connectivity index is 1.06. The molecule has 0 saturated carbocycles. The lowest BCUT2D eigenvalue weighted by Crippen LogP contribution is -2.07. The zero-order valence-electron chi connectivity index (χ0n) is 33.6. The summed E-state index contributed by atoms with van der Waals surface area (Å²) in [6, 6.07) is 69.3. The summed E-state index contributed by atoms with van der Waals surface area (Å²) < 4.78 is 11.2. The van der Waals surface area contributed by atoms with E-state index in [0.29, 0.717) is 17.6 Å². The van der Waals surface area contributed by atoms with Gasteiger partial charge in [-0.15, -0.1) is 11.3 Å². The third kappa shape index (κ3) is 5.25. The molecule has 0 radical (unpaired) electrons. The van der Waals surface area contributed by atoms with Crippen molar-refractivity contribution in [2.75, 3.05) is 0 Å². The third-order valence-electron chi connectivity index (χ3n) is 12.8. The maximum Gasteiger partial charge on any atom is 0.238 e. The molecule has 292 valence electrons. The first-order valence-corrected chi connectivity index (χ1v) is 22.0. The van der Waals surface area contributed by atoms with Crippen molar-refractivity contribution < 1.29 is 4.42 Å². The number of benzene rings is 10. The van der Waals surface area contributed by atoms with Gasteiger partial charge in [-0.05, 0) is 86.4 Å². The summed E-state index contributed by atoms with van der Waals surface area (Å²) in [5.74, 6) is 1.71. The molecule has 14 rings (SSSR count). The largest absolute Gasteiger partial charge is 0.456 e. The van der Waals surface area contributed by atoms with Crippen LogP contribution in [0.15, 0.2) is 199 Å². The molecule has 0 bridgehead atoms. The van der Waals surface area contributed by atoms with Crippen LogP contribution in [-0.4, -0.2) is 19.5 Å². The number of hydrogen-bond donors (Lipinski definition) is 0. The van der Waals surface area contributed by atoms with E-state index in [4.69, 9.17) is 19.4 Å². The van der Waals surface area contributed by atoms with E-state index >= 15 is 0 Å². The predicted octanol–water partition coefficient (Wildman–Crippen LogP) is 15.7. The minimum absolute atomic E-state index is 0.546. The second-order valence-corrected chi connectivity index (χ2v) is 17.5. The van der Waals surface area contributed by atoms with E-state index in [2.05, 4.69) is 180 Å². The normalized spacial score (nSPS) is 12.1. The van der Waals surface area contributed by atoms with Gasteiger partial charge in [0, 0.05) is 58.4 Å². The minimum atomic E-state index is 0.546. The monoisotopic (exact) mass is 820 g/mol. The highest BCUT2D eigenvalue weighted by molar-refractivity contribution is 7.26. The Kier molecular flexibility index (Phi) is 7.21. The van der Waals surface area contributed by atoms with Crippen molar-refractivity contribution in [2.24, 2.45) is 0 Å². The Morgan fingerprint density at radius 2 is 1.02 bits per heavy atom. The Morgan fingerprint density at radius 3 is 1.87 bits per heavy atom. The van der Waals surface area contributed by atoms with Crippen LogP contribution in [0.4, 0.5) is 0 Å². The zero-order valence-corrected chi connectivity index (χ0v) is 34.4. The zero-order chi connectivity index (χ0) is 41.2. The van der Waals surface area contributed by atoms with Gasteiger partial charge in [0.05, 0.1) is 11.0 Å². The first-order valence-electron chi connectivity index (χ1n) is 21.2. The Labute approximate surface area is 363 Å². The van der Waals surface area contributed by atoms with Gasteiger partial charge in [-0.1, -0.05) is 146 Å². The summed E-state index contributed by atoms with van der Waals surface area (Å²) in [4.78, 5) is 16.1. The van der Waals surface area contributed by atoms with Crippen LogP contribution in [0.2, 0.25) is 0 Å². The fourth-order valence-electron chi connectivity index (χ4n) is 9.82. The maximum absolute atomic E-state index is 6.40. The van der Waals surface area contributed by atoms with Crippen LogP contribution in [-0.2, 0) is 0 Å². The summed E-state index contributed by atoms with van der Waals surface area (Å²) in [5, 5.41) is 14.2. The van der Waals surface area contributed by atoms with Gasteiger partial charge in [-0.2, -0.15) is 9.97 Å². The molecule has 4 heterocycles. The Bertz CT molecular complexity index is 4230. The molecular weight excluding hydrogens is 789 g/mol. The average molecular weight is 821 g/mol. The van der Waals surface area contributed by atoms with Gasteiger partial charge in [0.2, 0.25) is 5.95 Å². The molecule has 0 N–H and O–H groups in total. The van der Waals surface area contributed by atoms with E-state index in [0.717, 1.165) is 82.2 Å². The lowest BCUT2D eigenvalue weighted by Gasteiger charge is -2.13. The second-order valence-electron chi connectivity index (χ2n) is 16.4. The number of nitrogens with zero attached hydrogens (tertiary/aromatic N) is 4. The first-order chi connectivity index (χ1) is 31.2. The van der Waals surface area contributed by atoms with Crippen LogP contribution in [0.1, 0.15) is 0 Å². The summed E-state index contributed by atoms with van der Waals surface area (Å²) in [6.07, 6.45) is 0. The quantitative estimate of drug-likeness (QED) is 0.177. The maximum atomic E-state index is 6.40. The number of hydrogen-bond acceptors (Lipinski definition) is 5. The molecule has 5 nitrogen and oxygen atoms in total. The highest BCUT2D eigenvalue weighted by Gasteiger charge is 2.22. The van der Waals surface area contributed by atoms with Gasteiger partial charge < -0.3 is 4.42 Å². The van der Waals surface area contributed by atoms with E-state index in [9.17, 15) is 0 Å². The van der Waals surface area contributed by atoms with Crippen molar-refractivity contribution in [1.29, 1.82) is 0 Å². The average Bonchev–Trinajstić information content (AvgIpc) is 4.02. The molecule has 0 amide bonds. The van der Waals surface area contributed by atoms with E-state index in [-0.39, 0.29) is 0 Å². The molecular formula is C57H32N4OS. The molecule has 6 heteroatoms. The topological polar surface area (TPSA) is 56.7 Å². The summed E-state index contributed by atoms with van der Waals surface area (Å²) in [7, 11) is 0. The molecule has 0 spiro atoms. The predicted molar refractivity (Wildman–Crippen MR) is 263 cm³/mol. The van der Waals surface area contributed by atoms with Crippen LogP contribution in [0.5, 0.6) is 0 Å². The SMILES string of the molecule is c1ccc2cc(-c3nc(-c4ccc5c(c4)oc4ccccc45)nc(-n4c5cc6ccccc6cc5c5cccc(-c6ccc7c(c6)sc6ccc8ccccc8c67)c54)n3)ccc2c1. The van der Waals surface area contributed by atoms with E-state index < -0.39 is 0 Å². The fraction of sp³-hybridized carbons (Fsp3) is 0. The van der Waals surface area contributed by atoms with Gasteiger partial charge in [-0.3, -0.25) is 4.57 Å². The van der Waals surface area contributed by atoms with E-state index in [1.807, 2.05) is 29.5 Å². The highest BCUT2D eigenvalue weighted by atomic mass is 32.1. The fourth-order valence-corrected chi connectivity index (χ4v) is 11.0. The van der Waals surface area contributed by atoms with Crippen molar-refractivity contribution in [1.82, 2.24) is 19.5 Å². The van der Waals surface area contributed by atoms with Gasteiger partial charge in [0.25, 0.3) is 0 Å². The van der Waals surface area contributed by atoms with Crippen LogP contribution in [0, 0.1) is 0 Å². The van der Waals surface area contributed by atoms with Crippen LogP contribution in [0.25, 0.3) is 136 Å². The van der Waals surface area contributed by atoms with Crippen molar-refractivity contribution in [3.8, 4) is 39.9 Å². The highest BCUT2D eigenvalue weighted by Crippen LogP contribution is 2.44. The molecule has 14 aromatic rings. The van der Waals surface area contributed by atoms with Gasteiger partial charge in [0.1, 0.15) is 11.2 Å². The smallest absolute Gasteiger partial charge is 0.238 e. The van der Waals surface area contributed by atoms with Gasteiger partial charge in [-0.25, -0.2) is 4.98 Å². The van der Waals surface area contributed by atoms with Gasteiger partial charge >= 0.3 is 0 Å². The molecule has 4 aromatic heterocycles. The lowest BCUT2D eigenvalue weighted by atomic mass is 9.99. The van der Waals surface area contributed by atoms with Crippen molar-refractivity contribution >= 4 is 108 Å². The Hall–Kier alpha value is -8.19. The van der Waals surface area contributed by atoms with Crippen LogP contribution in [0.3, 0.4) is 0 Å². The molecule has 0 aliphatic heterocycles. The first kappa shape index (κ1) is 34.5. The molecule has 0 aliphatic rings. The molecule has 10 aromatic carbocycles. The van der Waals surface area contributed by atoms with E-state index in [1.165, 1.54) is 36.3 Å². The molecule has 0 fully saturated rings. The number of thiophene rings is 1. The number of rotatable bonds is 4. The van der Waals surface area contributed by atoms with E-state index in [1.54, 1.807) is 0 Å². The minimum Gasteiger partial charge on any atom is -0.456 e. The lowest BCUT2D eigenvalue weighted by molar-refractivity contribution is 0.669. The Morgan fingerprint density at radius 1 is 0.381 bits per heavy atom. The number of para-hydroxylation sites is 2. The second kappa shape index (κ2) is 13.2. The molecule has 0 atom stereocenters. The standard InChI is InChI=1S/C57H32N4OS/c1-2-12-35-28-39(21-20-33(35)10-1)55-58-56(40-23-25-44-43-16-7-8-19-49(43)62-50(44)31-40)60-57(59-55)61-48-30-37-14-4-3-13-36(37)29-47(48)45-18-9-17-42(54(45)61)38-22-26-46-52(32-38)63-51-27-24-34-11-5-6-15-41(34)53(46)51/h1-32H. The summed E-state index contributed by atoms with van der Waals surface area (Å²) in [6.45, 7) is 0. The number of furan rings is 1. The molecule has 0 unspecified atom stereocenters. The summed E-state index contributed by atoms with van der Waals surface area (Å²) >= 11 is 1.85. The van der Waals surface area contributed by atoms with Gasteiger partial charge in [0.15, 0.2) is 11.6 Å². The van der Waals surface area contributed by atoms with Crippen molar-refractivity contribution in [3.05, 3.63) is 194 Å².